The fourth-order valence-electron chi connectivity index (χ4n) is 6.15. The molecule has 0 aromatic heterocycles. The van der Waals surface area contributed by atoms with Gasteiger partial charge in [0, 0.05) is 39.4 Å². The van der Waals surface area contributed by atoms with Crippen LogP contribution in [0.2, 0.25) is 0 Å². The van der Waals surface area contributed by atoms with Gasteiger partial charge in [-0.15, -0.1) is 0 Å². The van der Waals surface area contributed by atoms with E-state index in [1.807, 2.05) is 41.3 Å². The van der Waals surface area contributed by atoms with Crippen molar-refractivity contribution in [1.82, 2.24) is 9.80 Å². The van der Waals surface area contributed by atoms with Crippen molar-refractivity contribution >= 4 is 33.4 Å². The van der Waals surface area contributed by atoms with Gasteiger partial charge in [-0.25, -0.2) is 0 Å². The van der Waals surface area contributed by atoms with E-state index in [4.69, 9.17) is 0 Å². The summed E-state index contributed by atoms with van der Waals surface area (Å²) in [6.45, 7) is 2.90. The van der Waals surface area contributed by atoms with Crippen LogP contribution in [0.25, 0.3) is 21.5 Å². The fraction of sp³-hybridized carbons (Fsp3) is 0.200. The monoisotopic (exact) mass is 528 g/mol. The Balaban J connectivity index is 1.45. The number of carbonyl (C=O) groups is 2. The number of phenols is 1. The normalized spacial score (nSPS) is 15.1. The first-order valence-corrected chi connectivity index (χ1v) is 13.7. The number of piperazine rings is 1. The first-order valence-electron chi connectivity index (χ1n) is 13.7. The Hall–Kier alpha value is -4.64. The highest BCUT2D eigenvalue weighted by Gasteiger charge is 2.50. The Morgan fingerprint density at radius 1 is 0.700 bits per heavy atom. The van der Waals surface area contributed by atoms with Gasteiger partial charge in [0.25, 0.3) is 0 Å². The summed E-state index contributed by atoms with van der Waals surface area (Å²) in [6.07, 6.45) is 0.824. The third-order valence-corrected chi connectivity index (χ3v) is 8.11. The molecule has 1 fully saturated rings. The summed E-state index contributed by atoms with van der Waals surface area (Å²) in [7, 11) is 0. The summed E-state index contributed by atoms with van der Waals surface area (Å²) < 4.78 is 0. The number of fused-ring (bicyclic) bond motifs is 2. The molecule has 0 saturated carbocycles. The molecule has 0 unspecified atom stereocenters. The summed E-state index contributed by atoms with van der Waals surface area (Å²) in [4.78, 5) is 31.5. The van der Waals surface area contributed by atoms with Crippen molar-refractivity contribution in [3.63, 3.8) is 0 Å². The van der Waals surface area contributed by atoms with E-state index in [1.54, 1.807) is 24.0 Å². The van der Waals surface area contributed by atoms with Gasteiger partial charge in [-0.3, -0.25) is 9.59 Å². The van der Waals surface area contributed by atoms with E-state index >= 15 is 0 Å². The standard InChI is InChI=1S/C35H32N2O3/c1-25(38)37-19-18-36(24-26-12-16-33(39)17-13-26)34(40)35(37,22-27-10-14-29-6-2-4-8-31(29)20-27)23-28-11-15-30-7-3-5-9-32(30)21-28/h2-17,20-21,39H,18-19,22-24H2,1H3. The highest BCUT2D eigenvalue weighted by molar-refractivity contribution is 5.93. The van der Waals surface area contributed by atoms with Crippen LogP contribution in [0.15, 0.2) is 109 Å². The minimum Gasteiger partial charge on any atom is -0.508 e. The molecule has 0 radical (unpaired) electrons. The second-order valence-corrected chi connectivity index (χ2v) is 10.8. The highest BCUT2D eigenvalue weighted by Crippen LogP contribution is 2.34. The van der Waals surface area contributed by atoms with Gasteiger partial charge in [-0.2, -0.15) is 0 Å². The number of nitrogens with zero attached hydrogens (tertiary/aromatic N) is 2. The Kier molecular flexibility index (Phi) is 6.72. The SMILES string of the molecule is CC(=O)N1CCN(Cc2ccc(O)cc2)C(=O)C1(Cc1ccc2ccccc2c1)Cc1ccc2ccccc2c1. The molecule has 0 aliphatic carbocycles. The first-order chi connectivity index (χ1) is 19.4. The molecule has 1 N–H and O–H groups in total. The predicted molar refractivity (Wildman–Crippen MR) is 159 cm³/mol. The van der Waals surface area contributed by atoms with E-state index in [0.717, 1.165) is 38.2 Å². The summed E-state index contributed by atoms with van der Waals surface area (Å²) in [5, 5.41) is 14.3. The van der Waals surface area contributed by atoms with E-state index < -0.39 is 5.54 Å². The van der Waals surface area contributed by atoms with Crippen molar-refractivity contribution in [2.45, 2.75) is 31.8 Å². The lowest BCUT2D eigenvalue weighted by Crippen LogP contribution is -2.68. The number of benzene rings is 5. The summed E-state index contributed by atoms with van der Waals surface area (Å²) in [5.41, 5.74) is 1.90. The highest BCUT2D eigenvalue weighted by atomic mass is 16.3. The van der Waals surface area contributed by atoms with Crippen LogP contribution in [-0.4, -0.2) is 45.3 Å². The zero-order valence-corrected chi connectivity index (χ0v) is 22.6. The molecule has 1 aliphatic heterocycles. The van der Waals surface area contributed by atoms with Crippen molar-refractivity contribution in [2.24, 2.45) is 0 Å². The molecule has 40 heavy (non-hydrogen) atoms. The van der Waals surface area contributed by atoms with Gasteiger partial charge in [-0.05, 0) is 50.4 Å². The molecule has 0 spiro atoms. The number of phenolic OH excluding ortho intramolecular Hbond substituents is 1. The van der Waals surface area contributed by atoms with Gasteiger partial charge in [0.2, 0.25) is 11.8 Å². The molecule has 0 bridgehead atoms. The molecule has 5 nitrogen and oxygen atoms in total. The molecule has 200 valence electrons. The number of rotatable bonds is 6. The average Bonchev–Trinajstić information content (AvgIpc) is 2.96. The van der Waals surface area contributed by atoms with E-state index in [-0.39, 0.29) is 17.6 Å². The maximum absolute atomic E-state index is 14.7. The van der Waals surface area contributed by atoms with Gasteiger partial charge in [0.05, 0.1) is 0 Å². The van der Waals surface area contributed by atoms with Crippen LogP contribution < -0.4 is 0 Å². The Morgan fingerprint density at radius 2 is 1.20 bits per heavy atom. The van der Waals surface area contributed by atoms with Crippen molar-refractivity contribution < 1.29 is 14.7 Å². The Morgan fingerprint density at radius 3 is 1.73 bits per heavy atom. The average molecular weight is 529 g/mol. The van der Waals surface area contributed by atoms with Crippen LogP contribution in [-0.2, 0) is 29.0 Å². The van der Waals surface area contributed by atoms with E-state index in [9.17, 15) is 14.7 Å². The first kappa shape index (κ1) is 25.6. The largest absolute Gasteiger partial charge is 0.508 e. The molecule has 1 heterocycles. The molecular formula is C35H32N2O3. The Bertz CT molecular complexity index is 1630. The summed E-state index contributed by atoms with van der Waals surface area (Å²) in [5.74, 6) is 0.0426. The number of hydrogen-bond donors (Lipinski definition) is 1. The second kappa shape index (κ2) is 10.5. The zero-order chi connectivity index (χ0) is 27.7. The molecule has 5 aromatic rings. The van der Waals surface area contributed by atoms with Gasteiger partial charge >= 0.3 is 0 Å². The lowest BCUT2D eigenvalue weighted by Gasteiger charge is -2.50. The minimum absolute atomic E-state index is 0.0525. The van der Waals surface area contributed by atoms with E-state index in [0.29, 0.717) is 32.5 Å². The number of hydrogen-bond acceptors (Lipinski definition) is 3. The van der Waals surface area contributed by atoms with Crippen molar-refractivity contribution in [1.29, 1.82) is 0 Å². The lowest BCUT2D eigenvalue weighted by molar-refractivity contribution is -0.161. The quantitative estimate of drug-likeness (QED) is 0.289. The molecule has 0 atom stereocenters. The Labute approximate surface area is 234 Å². The van der Waals surface area contributed by atoms with Crippen molar-refractivity contribution in [3.05, 3.63) is 126 Å². The predicted octanol–water partition coefficient (Wildman–Crippen LogP) is 6.11. The van der Waals surface area contributed by atoms with Crippen molar-refractivity contribution in [2.75, 3.05) is 13.1 Å². The third-order valence-electron chi connectivity index (χ3n) is 8.11. The van der Waals surface area contributed by atoms with Gasteiger partial charge < -0.3 is 14.9 Å². The zero-order valence-electron chi connectivity index (χ0n) is 22.6. The number of amides is 2. The van der Waals surface area contributed by atoms with Gasteiger partial charge in [0.1, 0.15) is 11.3 Å². The number of aromatic hydroxyl groups is 1. The molecule has 6 rings (SSSR count). The molecule has 5 aromatic carbocycles. The van der Waals surface area contributed by atoms with Crippen LogP contribution in [0.4, 0.5) is 0 Å². The molecule has 1 aliphatic rings. The van der Waals surface area contributed by atoms with Crippen LogP contribution in [0.1, 0.15) is 23.6 Å². The summed E-state index contributed by atoms with van der Waals surface area (Å²) in [6, 6.07) is 36.0. The van der Waals surface area contributed by atoms with Crippen LogP contribution in [0.3, 0.4) is 0 Å². The van der Waals surface area contributed by atoms with Gasteiger partial charge in [-0.1, -0.05) is 97.1 Å². The molecule has 2 amide bonds. The molecular weight excluding hydrogens is 496 g/mol. The van der Waals surface area contributed by atoms with Gasteiger partial charge in [0.15, 0.2) is 0 Å². The fourth-order valence-corrected chi connectivity index (χ4v) is 6.15. The summed E-state index contributed by atoms with van der Waals surface area (Å²) >= 11 is 0. The maximum atomic E-state index is 14.7. The van der Waals surface area contributed by atoms with Crippen LogP contribution >= 0.6 is 0 Å². The topological polar surface area (TPSA) is 60.9 Å². The third kappa shape index (κ3) is 4.91. The van der Waals surface area contributed by atoms with Crippen molar-refractivity contribution in [3.8, 4) is 5.75 Å². The van der Waals surface area contributed by atoms with Crippen LogP contribution in [0.5, 0.6) is 5.75 Å². The minimum atomic E-state index is -1.08. The second-order valence-electron chi connectivity index (χ2n) is 10.8. The van der Waals surface area contributed by atoms with E-state index in [1.165, 1.54) is 0 Å². The van der Waals surface area contributed by atoms with E-state index in [2.05, 4.69) is 60.7 Å². The maximum Gasteiger partial charge on any atom is 0.249 e. The molecule has 1 saturated heterocycles. The smallest absolute Gasteiger partial charge is 0.249 e. The lowest BCUT2D eigenvalue weighted by atomic mass is 9.79. The van der Waals surface area contributed by atoms with Crippen LogP contribution in [0, 0.1) is 0 Å². The number of carbonyl (C=O) groups excluding carboxylic acids is 2. The molecule has 5 heteroatoms.